The second-order valence-corrected chi connectivity index (χ2v) is 4.92. The predicted molar refractivity (Wildman–Crippen MR) is 84.4 cm³/mol. The van der Waals surface area contributed by atoms with Crippen molar-refractivity contribution in [1.29, 1.82) is 0 Å². The van der Waals surface area contributed by atoms with Gasteiger partial charge < -0.3 is 15.0 Å². The molecule has 21 heavy (non-hydrogen) atoms. The first-order valence-corrected chi connectivity index (χ1v) is 7.02. The summed E-state index contributed by atoms with van der Waals surface area (Å²) in [4.78, 5) is 1.97. The fourth-order valence-corrected chi connectivity index (χ4v) is 2.05. The molecule has 0 aliphatic rings. The van der Waals surface area contributed by atoms with Crippen LogP contribution in [-0.2, 0) is 6.54 Å². The number of halogens is 1. The minimum atomic E-state index is -0.222. The molecule has 0 heterocycles. The van der Waals surface area contributed by atoms with Crippen molar-refractivity contribution in [2.75, 3.05) is 32.1 Å². The second kappa shape index (κ2) is 7.64. The Morgan fingerprint density at radius 1 is 1.14 bits per heavy atom. The van der Waals surface area contributed by atoms with Crippen molar-refractivity contribution in [1.82, 2.24) is 5.32 Å². The molecule has 2 rings (SSSR count). The molecular weight excluding hydrogens is 267 g/mol. The number of likely N-dealkylation sites (N-methyl/N-ethyl adjacent to an activating group) is 1. The molecule has 0 spiro atoms. The van der Waals surface area contributed by atoms with Crippen molar-refractivity contribution in [3.63, 3.8) is 0 Å². The van der Waals surface area contributed by atoms with Crippen molar-refractivity contribution in [2.45, 2.75) is 6.54 Å². The van der Waals surface area contributed by atoms with Crippen LogP contribution in [0.1, 0.15) is 5.56 Å². The first-order chi connectivity index (χ1) is 10.2. The quantitative estimate of drug-likeness (QED) is 0.847. The topological polar surface area (TPSA) is 24.5 Å². The van der Waals surface area contributed by atoms with Crippen LogP contribution in [0.15, 0.2) is 48.5 Å². The molecule has 0 radical (unpaired) electrons. The smallest absolute Gasteiger partial charge is 0.125 e. The highest BCUT2D eigenvalue weighted by atomic mass is 19.1. The Bertz CT molecular complexity index is 557. The van der Waals surface area contributed by atoms with Gasteiger partial charge in [0.2, 0.25) is 0 Å². The highest BCUT2D eigenvalue weighted by Gasteiger charge is 2.02. The summed E-state index contributed by atoms with van der Waals surface area (Å²) in [6, 6.07) is 14.6. The van der Waals surface area contributed by atoms with Crippen LogP contribution in [0.4, 0.5) is 10.1 Å². The molecule has 1 N–H and O–H groups in total. The maximum atomic E-state index is 13.2. The number of benzene rings is 2. The standard InChI is InChI=1S/C17H21FN2O/c1-19-13-14-6-8-17(9-7-14)21-11-10-20(2)16-5-3-4-15(18)12-16/h3-9,12,19H,10-11,13H2,1-2H3. The normalized spacial score (nSPS) is 10.4. The molecule has 0 fully saturated rings. The molecule has 0 amide bonds. The van der Waals surface area contributed by atoms with E-state index >= 15 is 0 Å². The van der Waals surface area contributed by atoms with Crippen LogP contribution in [0.3, 0.4) is 0 Å². The lowest BCUT2D eigenvalue weighted by atomic mass is 10.2. The summed E-state index contributed by atoms with van der Waals surface area (Å²) >= 11 is 0. The number of nitrogens with zero attached hydrogens (tertiary/aromatic N) is 1. The van der Waals surface area contributed by atoms with E-state index in [-0.39, 0.29) is 5.82 Å². The van der Waals surface area contributed by atoms with E-state index in [2.05, 4.69) is 5.32 Å². The van der Waals surface area contributed by atoms with Gasteiger partial charge >= 0.3 is 0 Å². The van der Waals surface area contributed by atoms with Gasteiger partial charge in [-0.25, -0.2) is 4.39 Å². The van der Waals surface area contributed by atoms with E-state index in [9.17, 15) is 4.39 Å². The summed E-state index contributed by atoms with van der Waals surface area (Å²) in [5.41, 5.74) is 2.07. The third-order valence-electron chi connectivity index (χ3n) is 3.25. The van der Waals surface area contributed by atoms with E-state index in [4.69, 9.17) is 4.74 Å². The van der Waals surface area contributed by atoms with Gasteiger partial charge in [-0.1, -0.05) is 18.2 Å². The fraction of sp³-hybridized carbons (Fsp3) is 0.294. The second-order valence-electron chi connectivity index (χ2n) is 4.92. The molecule has 0 saturated carbocycles. The van der Waals surface area contributed by atoms with E-state index in [1.54, 1.807) is 6.07 Å². The number of anilines is 1. The molecular formula is C17H21FN2O. The van der Waals surface area contributed by atoms with Crippen LogP contribution >= 0.6 is 0 Å². The van der Waals surface area contributed by atoms with E-state index in [0.29, 0.717) is 13.2 Å². The highest BCUT2D eigenvalue weighted by Crippen LogP contribution is 2.15. The monoisotopic (exact) mass is 288 g/mol. The van der Waals surface area contributed by atoms with Crippen LogP contribution in [0.25, 0.3) is 0 Å². The molecule has 0 bridgehead atoms. The molecule has 0 atom stereocenters. The summed E-state index contributed by atoms with van der Waals surface area (Å²) in [6.45, 7) is 2.10. The number of nitrogens with one attached hydrogen (secondary N) is 1. The van der Waals surface area contributed by atoms with Crippen molar-refractivity contribution in [2.24, 2.45) is 0 Å². The summed E-state index contributed by atoms with van der Waals surface area (Å²) in [7, 11) is 3.85. The molecule has 3 nitrogen and oxygen atoms in total. The van der Waals surface area contributed by atoms with Crippen molar-refractivity contribution in [3.05, 3.63) is 59.9 Å². The highest BCUT2D eigenvalue weighted by molar-refractivity contribution is 5.45. The molecule has 0 unspecified atom stereocenters. The fourth-order valence-electron chi connectivity index (χ4n) is 2.05. The Balaban J connectivity index is 1.81. The van der Waals surface area contributed by atoms with Gasteiger partial charge in [-0.05, 0) is 42.9 Å². The summed E-state index contributed by atoms with van der Waals surface area (Å²) in [5, 5.41) is 3.11. The Morgan fingerprint density at radius 2 is 1.90 bits per heavy atom. The van der Waals surface area contributed by atoms with E-state index in [1.165, 1.54) is 17.7 Å². The zero-order valence-electron chi connectivity index (χ0n) is 12.5. The van der Waals surface area contributed by atoms with Crippen LogP contribution in [-0.4, -0.2) is 27.2 Å². The maximum absolute atomic E-state index is 13.2. The van der Waals surface area contributed by atoms with Gasteiger partial charge in [-0.3, -0.25) is 0 Å². The molecule has 2 aromatic rings. The van der Waals surface area contributed by atoms with Crippen LogP contribution in [0.2, 0.25) is 0 Å². The average molecular weight is 288 g/mol. The molecule has 112 valence electrons. The van der Waals surface area contributed by atoms with E-state index < -0.39 is 0 Å². The Morgan fingerprint density at radius 3 is 2.57 bits per heavy atom. The molecule has 0 aliphatic carbocycles. The SMILES string of the molecule is CNCc1ccc(OCCN(C)c2cccc(F)c2)cc1. The minimum absolute atomic E-state index is 0.222. The third kappa shape index (κ3) is 4.76. The molecule has 2 aromatic carbocycles. The van der Waals surface area contributed by atoms with Gasteiger partial charge in [0, 0.05) is 19.3 Å². The predicted octanol–water partition coefficient (Wildman–Crippen LogP) is 3.06. The zero-order valence-corrected chi connectivity index (χ0v) is 12.5. The lowest BCUT2D eigenvalue weighted by molar-refractivity contribution is 0.326. The van der Waals surface area contributed by atoms with Gasteiger partial charge in [0.15, 0.2) is 0 Å². The van der Waals surface area contributed by atoms with Crippen molar-refractivity contribution < 1.29 is 9.13 Å². The van der Waals surface area contributed by atoms with Gasteiger partial charge in [0.05, 0.1) is 6.54 Å². The first-order valence-electron chi connectivity index (χ1n) is 7.02. The third-order valence-corrected chi connectivity index (χ3v) is 3.25. The summed E-state index contributed by atoms with van der Waals surface area (Å²) < 4.78 is 18.9. The number of rotatable bonds is 7. The van der Waals surface area contributed by atoms with Crippen LogP contribution < -0.4 is 15.0 Å². The molecule has 0 saturated heterocycles. The summed E-state index contributed by atoms with van der Waals surface area (Å²) in [5.74, 6) is 0.628. The van der Waals surface area contributed by atoms with Crippen molar-refractivity contribution in [3.8, 4) is 5.75 Å². The Hall–Kier alpha value is -2.07. The average Bonchev–Trinajstić information content (AvgIpc) is 2.49. The van der Waals surface area contributed by atoms with Gasteiger partial charge in [0.25, 0.3) is 0 Å². The van der Waals surface area contributed by atoms with Gasteiger partial charge in [-0.15, -0.1) is 0 Å². The molecule has 0 aromatic heterocycles. The number of hydrogen-bond acceptors (Lipinski definition) is 3. The van der Waals surface area contributed by atoms with Gasteiger partial charge in [0.1, 0.15) is 18.2 Å². The molecule has 4 heteroatoms. The largest absolute Gasteiger partial charge is 0.492 e. The Kier molecular flexibility index (Phi) is 5.58. The first kappa shape index (κ1) is 15.3. The van der Waals surface area contributed by atoms with E-state index in [1.807, 2.05) is 49.3 Å². The number of ether oxygens (including phenoxy) is 1. The zero-order chi connectivity index (χ0) is 15.1. The lowest BCUT2D eigenvalue weighted by Gasteiger charge is -2.19. The maximum Gasteiger partial charge on any atom is 0.125 e. The molecule has 0 aliphatic heterocycles. The van der Waals surface area contributed by atoms with Crippen LogP contribution in [0.5, 0.6) is 5.75 Å². The minimum Gasteiger partial charge on any atom is -0.492 e. The van der Waals surface area contributed by atoms with Crippen molar-refractivity contribution >= 4 is 5.69 Å². The van der Waals surface area contributed by atoms with Gasteiger partial charge in [-0.2, -0.15) is 0 Å². The van der Waals surface area contributed by atoms with Crippen LogP contribution in [0, 0.1) is 5.82 Å². The Labute approximate surface area is 125 Å². The lowest BCUT2D eigenvalue weighted by Crippen LogP contribution is -2.23. The van der Waals surface area contributed by atoms with E-state index in [0.717, 1.165) is 18.0 Å². The summed E-state index contributed by atoms with van der Waals surface area (Å²) in [6.07, 6.45) is 0. The number of hydrogen-bond donors (Lipinski definition) is 1.